The van der Waals surface area contributed by atoms with Crippen molar-refractivity contribution in [3.05, 3.63) is 30.1 Å². The van der Waals surface area contributed by atoms with Gasteiger partial charge in [-0.25, -0.2) is 4.39 Å². The van der Waals surface area contributed by atoms with E-state index in [0.29, 0.717) is 18.2 Å². The first-order valence-corrected chi connectivity index (χ1v) is 6.51. The Kier molecular flexibility index (Phi) is 4.19. The quantitative estimate of drug-likeness (QED) is 0.865. The lowest BCUT2D eigenvalue weighted by Crippen LogP contribution is -2.44. The number of rotatable bonds is 2. The van der Waals surface area contributed by atoms with Gasteiger partial charge in [0.1, 0.15) is 5.82 Å². The minimum Gasteiger partial charge on any atom is -0.367 e. The number of likely N-dealkylation sites (N-methyl/N-ethyl adjacent to an activating group) is 1. The minimum atomic E-state index is -0.148. The van der Waals surface area contributed by atoms with E-state index in [-0.39, 0.29) is 11.9 Å². The number of benzene rings is 1. The largest absolute Gasteiger partial charge is 0.367 e. The van der Waals surface area contributed by atoms with E-state index in [1.165, 1.54) is 6.07 Å². The number of anilines is 1. The molecule has 0 aliphatic carbocycles. The molecule has 0 radical (unpaired) electrons. The van der Waals surface area contributed by atoms with Crippen molar-refractivity contribution in [2.24, 2.45) is 11.7 Å². The predicted octanol–water partition coefficient (Wildman–Crippen LogP) is 1.54. The SMILES string of the molecule is CC1CN(c2ccccc2F)CC(CN)N(C)C1. The van der Waals surface area contributed by atoms with Gasteiger partial charge in [-0.05, 0) is 25.1 Å². The van der Waals surface area contributed by atoms with Crippen molar-refractivity contribution in [2.75, 3.05) is 38.1 Å². The molecule has 2 atom stereocenters. The van der Waals surface area contributed by atoms with Crippen molar-refractivity contribution in [1.82, 2.24) is 4.90 Å². The fraction of sp³-hybridized carbons (Fsp3) is 0.571. The summed E-state index contributed by atoms with van der Waals surface area (Å²) in [5.74, 6) is 0.358. The molecular formula is C14H22FN3. The lowest BCUT2D eigenvalue weighted by Gasteiger charge is -2.29. The van der Waals surface area contributed by atoms with Gasteiger partial charge in [0.2, 0.25) is 0 Å². The van der Waals surface area contributed by atoms with Crippen LogP contribution in [0.25, 0.3) is 0 Å². The van der Waals surface area contributed by atoms with E-state index in [1.54, 1.807) is 6.07 Å². The second-order valence-electron chi connectivity index (χ2n) is 5.29. The minimum absolute atomic E-state index is 0.148. The van der Waals surface area contributed by atoms with Gasteiger partial charge in [-0.1, -0.05) is 19.1 Å². The van der Waals surface area contributed by atoms with Crippen molar-refractivity contribution >= 4 is 5.69 Å². The van der Waals surface area contributed by atoms with Gasteiger partial charge in [-0.15, -0.1) is 0 Å². The number of nitrogens with zero attached hydrogens (tertiary/aromatic N) is 2. The average Bonchev–Trinajstić information content (AvgIpc) is 2.48. The molecule has 1 aliphatic rings. The fourth-order valence-electron chi connectivity index (χ4n) is 2.70. The summed E-state index contributed by atoms with van der Waals surface area (Å²) in [6.07, 6.45) is 0. The second-order valence-corrected chi connectivity index (χ2v) is 5.29. The van der Waals surface area contributed by atoms with Crippen LogP contribution in [0.2, 0.25) is 0 Å². The van der Waals surface area contributed by atoms with E-state index in [2.05, 4.69) is 23.8 Å². The zero-order valence-corrected chi connectivity index (χ0v) is 11.1. The molecule has 18 heavy (non-hydrogen) atoms. The number of halogens is 1. The van der Waals surface area contributed by atoms with Crippen LogP contribution in [0.3, 0.4) is 0 Å². The molecule has 0 amide bonds. The molecule has 0 spiro atoms. The van der Waals surface area contributed by atoms with Crippen molar-refractivity contribution in [1.29, 1.82) is 0 Å². The molecule has 2 unspecified atom stereocenters. The third-order valence-corrected chi connectivity index (χ3v) is 3.65. The fourth-order valence-corrected chi connectivity index (χ4v) is 2.70. The Labute approximate surface area is 108 Å². The molecule has 0 saturated carbocycles. The van der Waals surface area contributed by atoms with Crippen LogP contribution in [0.4, 0.5) is 10.1 Å². The van der Waals surface area contributed by atoms with Gasteiger partial charge in [-0.2, -0.15) is 0 Å². The Morgan fingerprint density at radius 3 is 2.67 bits per heavy atom. The van der Waals surface area contributed by atoms with Gasteiger partial charge in [0.05, 0.1) is 5.69 Å². The van der Waals surface area contributed by atoms with Gasteiger partial charge in [0.15, 0.2) is 0 Å². The van der Waals surface area contributed by atoms with Crippen LogP contribution >= 0.6 is 0 Å². The van der Waals surface area contributed by atoms with Crippen LogP contribution in [-0.2, 0) is 0 Å². The molecule has 1 saturated heterocycles. The smallest absolute Gasteiger partial charge is 0.146 e. The van der Waals surface area contributed by atoms with Crippen molar-refractivity contribution < 1.29 is 4.39 Å². The highest BCUT2D eigenvalue weighted by molar-refractivity contribution is 5.48. The molecule has 1 heterocycles. The monoisotopic (exact) mass is 251 g/mol. The van der Waals surface area contributed by atoms with Gasteiger partial charge in [0, 0.05) is 32.2 Å². The third-order valence-electron chi connectivity index (χ3n) is 3.65. The molecule has 2 rings (SSSR count). The molecule has 1 fully saturated rings. The molecule has 4 heteroatoms. The van der Waals surface area contributed by atoms with E-state index in [9.17, 15) is 4.39 Å². The van der Waals surface area contributed by atoms with Gasteiger partial charge >= 0.3 is 0 Å². The summed E-state index contributed by atoms with van der Waals surface area (Å²) in [5.41, 5.74) is 6.52. The lowest BCUT2D eigenvalue weighted by atomic mass is 10.1. The van der Waals surface area contributed by atoms with Crippen LogP contribution in [0.1, 0.15) is 6.92 Å². The zero-order chi connectivity index (χ0) is 13.1. The van der Waals surface area contributed by atoms with E-state index >= 15 is 0 Å². The number of hydrogen-bond acceptors (Lipinski definition) is 3. The highest BCUT2D eigenvalue weighted by atomic mass is 19.1. The number of para-hydroxylation sites is 1. The van der Waals surface area contributed by atoms with Crippen LogP contribution in [0, 0.1) is 11.7 Å². The summed E-state index contributed by atoms with van der Waals surface area (Å²) in [7, 11) is 2.10. The Balaban J connectivity index is 2.24. The molecule has 1 aromatic carbocycles. The summed E-state index contributed by atoms with van der Waals surface area (Å²) < 4.78 is 13.9. The second kappa shape index (κ2) is 5.67. The topological polar surface area (TPSA) is 32.5 Å². The Morgan fingerprint density at radius 2 is 2.00 bits per heavy atom. The molecular weight excluding hydrogens is 229 g/mol. The van der Waals surface area contributed by atoms with Gasteiger partial charge < -0.3 is 15.5 Å². The van der Waals surface area contributed by atoms with Crippen molar-refractivity contribution in [2.45, 2.75) is 13.0 Å². The summed E-state index contributed by atoms with van der Waals surface area (Å²) in [6, 6.07) is 7.27. The Bertz CT molecular complexity index is 396. The molecule has 1 aliphatic heterocycles. The van der Waals surface area contributed by atoms with E-state index in [4.69, 9.17) is 5.73 Å². The van der Waals surface area contributed by atoms with Gasteiger partial charge in [-0.3, -0.25) is 0 Å². The summed E-state index contributed by atoms with van der Waals surface area (Å²) >= 11 is 0. The Morgan fingerprint density at radius 1 is 1.28 bits per heavy atom. The molecule has 0 bridgehead atoms. The average molecular weight is 251 g/mol. The molecule has 100 valence electrons. The van der Waals surface area contributed by atoms with Crippen LogP contribution in [0.5, 0.6) is 0 Å². The third kappa shape index (κ3) is 2.82. The Hall–Kier alpha value is -1.13. The highest BCUT2D eigenvalue weighted by Gasteiger charge is 2.26. The number of hydrogen-bond donors (Lipinski definition) is 1. The molecule has 0 aromatic heterocycles. The zero-order valence-electron chi connectivity index (χ0n) is 11.1. The van der Waals surface area contributed by atoms with E-state index in [0.717, 1.165) is 19.6 Å². The van der Waals surface area contributed by atoms with E-state index in [1.807, 2.05) is 12.1 Å². The van der Waals surface area contributed by atoms with E-state index < -0.39 is 0 Å². The lowest BCUT2D eigenvalue weighted by molar-refractivity contribution is 0.244. The highest BCUT2D eigenvalue weighted by Crippen LogP contribution is 2.23. The molecule has 2 N–H and O–H groups in total. The first kappa shape index (κ1) is 13.3. The predicted molar refractivity (Wildman–Crippen MR) is 73.2 cm³/mol. The van der Waals surface area contributed by atoms with Crippen molar-refractivity contribution in [3.63, 3.8) is 0 Å². The maximum atomic E-state index is 13.9. The van der Waals surface area contributed by atoms with Crippen LogP contribution in [-0.4, -0.2) is 44.2 Å². The molecule has 3 nitrogen and oxygen atoms in total. The number of nitrogens with two attached hydrogens (primary N) is 1. The first-order valence-electron chi connectivity index (χ1n) is 6.51. The maximum absolute atomic E-state index is 13.9. The summed E-state index contributed by atoms with van der Waals surface area (Å²) in [4.78, 5) is 4.41. The first-order chi connectivity index (χ1) is 8.61. The summed E-state index contributed by atoms with van der Waals surface area (Å²) in [6.45, 7) is 5.48. The standard InChI is InChI=1S/C14H22FN3/c1-11-8-17(2)12(7-16)10-18(9-11)14-6-4-3-5-13(14)15/h3-6,11-12H,7-10,16H2,1-2H3. The molecule has 1 aromatic rings. The van der Waals surface area contributed by atoms with Crippen LogP contribution in [0.15, 0.2) is 24.3 Å². The van der Waals surface area contributed by atoms with Gasteiger partial charge in [0.25, 0.3) is 0 Å². The summed E-state index contributed by atoms with van der Waals surface area (Å²) in [5, 5.41) is 0. The maximum Gasteiger partial charge on any atom is 0.146 e. The van der Waals surface area contributed by atoms with Crippen LogP contribution < -0.4 is 10.6 Å². The van der Waals surface area contributed by atoms with Crippen molar-refractivity contribution in [3.8, 4) is 0 Å². The normalized spacial score (nSPS) is 26.1.